The summed E-state index contributed by atoms with van der Waals surface area (Å²) in [5, 5.41) is 5.62. The average Bonchev–Trinajstić information content (AvgIpc) is 2.78. The number of methoxy groups -OCH3 is 1. The Morgan fingerprint density at radius 3 is 2.19 bits per heavy atom. The Hall–Kier alpha value is -3.93. The highest BCUT2D eigenvalue weighted by atomic mass is 16.5. The van der Waals surface area contributed by atoms with Crippen LogP contribution in [0, 0.1) is 0 Å². The molecular weight excluding hydrogens is 392 g/mol. The highest BCUT2D eigenvalue weighted by molar-refractivity contribution is 6.09. The molecule has 1 unspecified atom stereocenters. The predicted octanol–water partition coefficient (Wildman–Crippen LogP) is 4.13. The number of hydrogen-bond acceptors (Lipinski definition) is 4. The number of carbonyl (C=O) groups is 3. The molecule has 0 aromatic heterocycles. The molecule has 0 radical (unpaired) electrons. The Bertz CT molecular complexity index is 1060. The van der Waals surface area contributed by atoms with E-state index in [1.54, 1.807) is 67.8 Å². The fraction of sp³-hybridized carbons (Fsp3) is 0.160. The quantitative estimate of drug-likeness (QED) is 0.541. The molecule has 31 heavy (non-hydrogen) atoms. The van der Waals surface area contributed by atoms with E-state index in [1.165, 1.54) is 6.92 Å². The fourth-order valence-corrected chi connectivity index (χ4v) is 3.23. The second-order valence-electron chi connectivity index (χ2n) is 7.05. The van der Waals surface area contributed by atoms with Gasteiger partial charge in [-0.1, -0.05) is 54.6 Å². The van der Waals surface area contributed by atoms with Gasteiger partial charge in [0.05, 0.1) is 19.6 Å². The molecule has 0 bridgehead atoms. The van der Waals surface area contributed by atoms with Crippen LogP contribution >= 0.6 is 0 Å². The van der Waals surface area contributed by atoms with Crippen LogP contribution in [-0.2, 0) is 9.59 Å². The molecule has 0 aliphatic rings. The van der Waals surface area contributed by atoms with Crippen molar-refractivity contribution < 1.29 is 19.1 Å². The molecule has 0 saturated heterocycles. The summed E-state index contributed by atoms with van der Waals surface area (Å²) in [6.07, 6.45) is 0.0444. The van der Waals surface area contributed by atoms with Crippen molar-refractivity contribution in [3.05, 3.63) is 95.6 Å². The summed E-state index contributed by atoms with van der Waals surface area (Å²) in [5.41, 5.74) is 2.37. The van der Waals surface area contributed by atoms with Crippen molar-refractivity contribution in [1.82, 2.24) is 5.32 Å². The van der Waals surface area contributed by atoms with E-state index in [0.29, 0.717) is 22.6 Å². The normalized spacial score (nSPS) is 11.3. The summed E-state index contributed by atoms with van der Waals surface area (Å²) < 4.78 is 5.16. The van der Waals surface area contributed by atoms with Crippen LogP contribution < -0.4 is 15.4 Å². The van der Waals surface area contributed by atoms with Crippen molar-refractivity contribution in [3.8, 4) is 5.75 Å². The Kier molecular flexibility index (Phi) is 7.17. The number of amides is 2. The summed E-state index contributed by atoms with van der Waals surface area (Å²) in [7, 11) is 1.57. The third kappa shape index (κ3) is 6.02. The van der Waals surface area contributed by atoms with Gasteiger partial charge in [-0.2, -0.15) is 0 Å². The van der Waals surface area contributed by atoms with Crippen LogP contribution in [-0.4, -0.2) is 24.7 Å². The standard InChI is InChI=1S/C25H24N2O4/c1-17(28)26-23(18-11-13-22(31-2)14-12-18)16-24(29)27-21-10-6-9-20(15-21)25(30)19-7-4-3-5-8-19/h3-15,23H,16H2,1-2H3,(H,26,28)(H,27,29). The van der Waals surface area contributed by atoms with E-state index >= 15 is 0 Å². The zero-order valence-corrected chi connectivity index (χ0v) is 17.4. The highest BCUT2D eigenvalue weighted by Gasteiger charge is 2.18. The third-order valence-corrected chi connectivity index (χ3v) is 4.73. The molecule has 0 aliphatic heterocycles. The minimum atomic E-state index is -0.488. The van der Waals surface area contributed by atoms with Gasteiger partial charge in [-0.3, -0.25) is 14.4 Å². The second kappa shape index (κ2) is 10.2. The molecule has 0 saturated carbocycles. The van der Waals surface area contributed by atoms with Gasteiger partial charge in [-0.25, -0.2) is 0 Å². The van der Waals surface area contributed by atoms with Crippen molar-refractivity contribution in [2.45, 2.75) is 19.4 Å². The SMILES string of the molecule is COc1ccc(C(CC(=O)Nc2cccc(C(=O)c3ccccc3)c2)NC(C)=O)cc1. The molecule has 3 rings (SSSR count). The molecule has 0 heterocycles. The van der Waals surface area contributed by atoms with E-state index < -0.39 is 6.04 Å². The number of anilines is 1. The van der Waals surface area contributed by atoms with E-state index in [4.69, 9.17) is 4.74 Å². The molecule has 3 aromatic rings. The molecule has 1 atom stereocenters. The van der Waals surface area contributed by atoms with Crippen LogP contribution in [0.3, 0.4) is 0 Å². The Morgan fingerprint density at radius 1 is 0.871 bits per heavy atom. The lowest BCUT2D eigenvalue weighted by Gasteiger charge is -2.18. The minimum absolute atomic E-state index is 0.0444. The number of hydrogen-bond donors (Lipinski definition) is 2. The minimum Gasteiger partial charge on any atom is -0.497 e. The maximum atomic E-state index is 12.7. The van der Waals surface area contributed by atoms with Crippen LogP contribution in [0.1, 0.15) is 40.9 Å². The lowest BCUT2D eigenvalue weighted by Crippen LogP contribution is -2.29. The van der Waals surface area contributed by atoms with Crippen LogP contribution in [0.25, 0.3) is 0 Å². The first-order chi connectivity index (χ1) is 15.0. The summed E-state index contributed by atoms with van der Waals surface area (Å²) >= 11 is 0. The van der Waals surface area contributed by atoms with Gasteiger partial charge in [0.25, 0.3) is 0 Å². The number of carbonyl (C=O) groups excluding carboxylic acids is 3. The van der Waals surface area contributed by atoms with Crippen LogP contribution in [0.2, 0.25) is 0 Å². The van der Waals surface area contributed by atoms with Crippen molar-refractivity contribution >= 4 is 23.3 Å². The van der Waals surface area contributed by atoms with Gasteiger partial charge in [-0.15, -0.1) is 0 Å². The van der Waals surface area contributed by atoms with E-state index in [0.717, 1.165) is 5.56 Å². The number of benzene rings is 3. The average molecular weight is 416 g/mol. The number of rotatable bonds is 8. The molecule has 6 nitrogen and oxygen atoms in total. The lowest BCUT2D eigenvalue weighted by molar-refractivity contribution is -0.120. The Balaban J connectivity index is 1.72. The lowest BCUT2D eigenvalue weighted by atomic mass is 10.0. The van der Waals surface area contributed by atoms with E-state index in [9.17, 15) is 14.4 Å². The summed E-state index contributed by atoms with van der Waals surface area (Å²) in [4.78, 5) is 37.0. The first kappa shape index (κ1) is 21.8. The maximum Gasteiger partial charge on any atom is 0.226 e. The van der Waals surface area contributed by atoms with Crippen molar-refractivity contribution in [2.24, 2.45) is 0 Å². The maximum absolute atomic E-state index is 12.7. The topological polar surface area (TPSA) is 84.5 Å². The summed E-state index contributed by atoms with van der Waals surface area (Å²) in [6.45, 7) is 1.41. The number of ether oxygens (including phenoxy) is 1. The molecule has 3 aromatic carbocycles. The molecular formula is C25H24N2O4. The Labute approximate surface area is 181 Å². The largest absolute Gasteiger partial charge is 0.497 e. The first-order valence-corrected chi connectivity index (χ1v) is 9.87. The molecule has 0 fully saturated rings. The van der Waals surface area contributed by atoms with Gasteiger partial charge in [0.2, 0.25) is 11.8 Å². The Morgan fingerprint density at radius 2 is 1.55 bits per heavy atom. The number of ketones is 1. The van der Waals surface area contributed by atoms with Gasteiger partial charge in [0, 0.05) is 23.7 Å². The zero-order chi connectivity index (χ0) is 22.2. The van der Waals surface area contributed by atoms with E-state index in [2.05, 4.69) is 10.6 Å². The predicted molar refractivity (Wildman–Crippen MR) is 119 cm³/mol. The summed E-state index contributed by atoms with van der Waals surface area (Å²) in [5.74, 6) is 0.0590. The molecule has 0 spiro atoms. The van der Waals surface area contributed by atoms with Gasteiger partial charge in [-0.05, 0) is 29.8 Å². The van der Waals surface area contributed by atoms with Gasteiger partial charge < -0.3 is 15.4 Å². The van der Waals surface area contributed by atoms with Crippen LogP contribution in [0.4, 0.5) is 5.69 Å². The fourth-order valence-electron chi connectivity index (χ4n) is 3.23. The summed E-state index contributed by atoms with van der Waals surface area (Å²) in [6, 6.07) is 22.5. The van der Waals surface area contributed by atoms with Crippen LogP contribution in [0.15, 0.2) is 78.9 Å². The van der Waals surface area contributed by atoms with Crippen molar-refractivity contribution in [1.29, 1.82) is 0 Å². The highest BCUT2D eigenvalue weighted by Crippen LogP contribution is 2.22. The van der Waals surface area contributed by atoms with Crippen molar-refractivity contribution in [3.63, 3.8) is 0 Å². The monoisotopic (exact) mass is 416 g/mol. The molecule has 2 N–H and O–H groups in total. The second-order valence-corrected chi connectivity index (χ2v) is 7.05. The van der Waals surface area contributed by atoms with Crippen LogP contribution in [0.5, 0.6) is 5.75 Å². The van der Waals surface area contributed by atoms with Gasteiger partial charge >= 0.3 is 0 Å². The van der Waals surface area contributed by atoms with E-state index in [-0.39, 0.29) is 24.0 Å². The third-order valence-electron chi connectivity index (χ3n) is 4.73. The van der Waals surface area contributed by atoms with E-state index in [1.807, 2.05) is 18.2 Å². The van der Waals surface area contributed by atoms with Gasteiger partial charge in [0.1, 0.15) is 5.75 Å². The van der Waals surface area contributed by atoms with Gasteiger partial charge in [0.15, 0.2) is 5.78 Å². The molecule has 6 heteroatoms. The van der Waals surface area contributed by atoms with Crippen molar-refractivity contribution in [2.75, 3.05) is 12.4 Å². The smallest absolute Gasteiger partial charge is 0.226 e. The molecule has 158 valence electrons. The molecule has 0 aliphatic carbocycles. The molecule has 2 amide bonds. The zero-order valence-electron chi connectivity index (χ0n) is 17.4. The first-order valence-electron chi connectivity index (χ1n) is 9.87. The number of nitrogens with one attached hydrogen (secondary N) is 2.